The predicted octanol–water partition coefficient (Wildman–Crippen LogP) is 4.59. The van der Waals surface area contributed by atoms with E-state index in [1.54, 1.807) is 0 Å². The van der Waals surface area contributed by atoms with Gasteiger partial charge >= 0.3 is 0 Å². The van der Waals surface area contributed by atoms with Gasteiger partial charge in [-0.3, -0.25) is 4.57 Å². The van der Waals surface area contributed by atoms with E-state index in [1.165, 1.54) is 11.8 Å². The molecule has 0 bridgehead atoms. The Bertz CT molecular complexity index is 1030. The number of furan rings is 1. The fraction of sp³-hybridized carbons (Fsp3) is 0.222. The number of halogens is 1. The molecule has 4 rings (SSSR count). The van der Waals surface area contributed by atoms with Gasteiger partial charge in [0.25, 0.3) is 0 Å². The van der Waals surface area contributed by atoms with Crippen LogP contribution in [0.25, 0.3) is 11.6 Å². The van der Waals surface area contributed by atoms with E-state index in [4.69, 9.17) is 8.94 Å². The van der Waals surface area contributed by atoms with E-state index in [0.717, 1.165) is 17.1 Å². The highest BCUT2D eigenvalue weighted by atomic mass is 79.9. The molecule has 1 aromatic carbocycles. The van der Waals surface area contributed by atoms with E-state index in [-0.39, 0.29) is 0 Å². The zero-order valence-electron chi connectivity index (χ0n) is 14.5. The van der Waals surface area contributed by atoms with E-state index in [9.17, 15) is 0 Å². The van der Waals surface area contributed by atoms with E-state index in [0.29, 0.717) is 40.3 Å². The smallest absolute Gasteiger partial charge is 0.237 e. The summed E-state index contributed by atoms with van der Waals surface area (Å²) < 4.78 is 13.6. The minimum absolute atomic E-state index is 0.530. The van der Waals surface area contributed by atoms with Crippen molar-refractivity contribution in [3.63, 3.8) is 0 Å². The number of nitrogens with zero attached hydrogens (tertiary/aromatic N) is 5. The van der Waals surface area contributed by atoms with Crippen LogP contribution in [0.4, 0.5) is 0 Å². The van der Waals surface area contributed by atoms with Crippen LogP contribution < -0.4 is 0 Å². The fourth-order valence-corrected chi connectivity index (χ4v) is 3.62. The first-order valence-corrected chi connectivity index (χ1v) is 10.2. The van der Waals surface area contributed by atoms with Crippen LogP contribution in [0.3, 0.4) is 0 Å². The van der Waals surface area contributed by atoms with Crippen molar-refractivity contribution < 1.29 is 8.94 Å². The molecule has 0 saturated heterocycles. The molecule has 0 unspecified atom stereocenters. The average molecular weight is 446 g/mol. The maximum absolute atomic E-state index is 5.69. The van der Waals surface area contributed by atoms with Crippen molar-refractivity contribution in [3.05, 3.63) is 64.4 Å². The highest BCUT2D eigenvalue weighted by molar-refractivity contribution is 9.10. The molecule has 138 valence electrons. The van der Waals surface area contributed by atoms with Gasteiger partial charge in [-0.1, -0.05) is 54.2 Å². The lowest BCUT2D eigenvalue weighted by atomic mass is 10.2. The number of rotatable bonds is 7. The maximum atomic E-state index is 5.69. The minimum atomic E-state index is 0.530. The monoisotopic (exact) mass is 445 g/mol. The Morgan fingerprint density at radius 3 is 2.67 bits per heavy atom. The Balaban J connectivity index is 1.62. The van der Waals surface area contributed by atoms with Gasteiger partial charge in [0, 0.05) is 6.42 Å². The van der Waals surface area contributed by atoms with Crippen molar-refractivity contribution in [1.82, 2.24) is 24.9 Å². The van der Waals surface area contributed by atoms with Crippen molar-refractivity contribution in [1.29, 1.82) is 0 Å². The van der Waals surface area contributed by atoms with Crippen LogP contribution in [-0.2, 0) is 18.7 Å². The number of thioether (sulfide) groups is 1. The third-order valence-corrected chi connectivity index (χ3v) is 5.22. The Morgan fingerprint density at radius 2 is 1.96 bits per heavy atom. The largest absolute Gasteiger partial charge is 0.446 e. The summed E-state index contributed by atoms with van der Waals surface area (Å²) in [6.07, 6.45) is 0.746. The first-order valence-electron chi connectivity index (χ1n) is 8.40. The standard InChI is InChI=1S/C18H16BrN5O2S/c1-2-15-20-16(26-23-15)11-27-18-22-21-17(13-8-9-14(19)25-13)24(18)10-12-6-4-3-5-7-12/h3-9H,2,10-11H2,1H3. The summed E-state index contributed by atoms with van der Waals surface area (Å²) in [6, 6.07) is 13.9. The topological polar surface area (TPSA) is 82.8 Å². The van der Waals surface area contributed by atoms with Gasteiger partial charge in [0.1, 0.15) is 0 Å². The average Bonchev–Trinajstić information content (AvgIpc) is 3.41. The molecule has 0 aliphatic rings. The molecule has 0 saturated carbocycles. The second kappa shape index (κ2) is 8.10. The van der Waals surface area contributed by atoms with E-state index in [2.05, 4.69) is 48.4 Å². The summed E-state index contributed by atoms with van der Waals surface area (Å²) in [7, 11) is 0. The molecule has 0 radical (unpaired) electrons. The summed E-state index contributed by atoms with van der Waals surface area (Å²) in [4.78, 5) is 4.34. The summed E-state index contributed by atoms with van der Waals surface area (Å²) in [5, 5.41) is 13.4. The van der Waals surface area contributed by atoms with Gasteiger partial charge in [0.15, 0.2) is 21.4 Å². The van der Waals surface area contributed by atoms with Crippen molar-refractivity contribution >= 4 is 27.7 Å². The molecular formula is C18H16BrN5O2S. The SMILES string of the molecule is CCc1noc(CSc2nnc(-c3ccc(Br)o3)n2Cc2ccccc2)n1. The second-order valence-corrected chi connectivity index (χ2v) is 7.45. The van der Waals surface area contributed by atoms with Gasteiger partial charge in [0.05, 0.1) is 12.3 Å². The molecule has 0 aliphatic heterocycles. The lowest BCUT2D eigenvalue weighted by Crippen LogP contribution is -2.04. The van der Waals surface area contributed by atoms with Gasteiger partial charge in [-0.15, -0.1) is 10.2 Å². The molecule has 0 fully saturated rings. The lowest BCUT2D eigenvalue weighted by molar-refractivity contribution is 0.385. The highest BCUT2D eigenvalue weighted by Gasteiger charge is 2.18. The molecule has 0 atom stereocenters. The number of hydrogen-bond donors (Lipinski definition) is 0. The van der Waals surface area contributed by atoms with Crippen molar-refractivity contribution in [3.8, 4) is 11.6 Å². The van der Waals surface area contributed by atoms with E-state index < -0.39 is 0 Å². The number of aryl methyl sites for hydroxylation is 1. The van der Waals surface area contributed by atoms with Crippen LogP contribution in [-0.4, -0.2) is 24.9 Å². The van der Waals surface area contributed by atoms with Gasteiger partial charge in [0.2, 0.25) is 11.7 Å². The highest BCUT2D eigenvalue weighted by Crippen LogP contribution is 2.29. The fourth-order valence-electron chi connectivity index (χ4n) is 2.54. The molecule has 3 aromatic heterocycles. The van der Waals surface area contributed by atoms with Gasteiger partial charge in [-0.2, -0.15) is 4.98 Å². The summed E-state index contributed by atoms with van der Waals surface area (Å²) in [6.45, 7) is 2.62. The molecule has 4 aromatic rings. The normalized spacial score (nSPS) is 11.2. The third-order valence-electron chi connectivity index (χ3n) is 3.85. The zero-order chi connectivity index (χ0) is 18.6. The van der Waals surface area contributed by atoms with Crippen LogP contribution in [0.5, 0.6) is 0 Å². The Kier molecular flexibility index (Phi) is 5.40. The molecular weight excluding hydrogens is 430 g/mol. The quantitative estimate of drug-likeness (QED) is 0.384. The first-order chi connectivity index (χ1) is 13.2. The first kappa shape index (κ1) is 18.0. The number of hydrogen-bond acceptors (Lipinski definition) is 7. The van der Waals surface area contributed by atoms with Crippen LogP contribution in [0.15, 0.2) is 61.2 Å². The predicted molar refractivity (Wildman–Crippen MR) is 104 cm³/mol. The van der Waals surface area contributed by atoms with Gasteiger partial charge in [-0.05, 0) is 33.6 Å². The molecule has 0 amide bonds. The molecule has 0 spiro atoms. The Labute approximate surface area is 168 Å². The summed E-state index contributed by atoms with van der Waals surface area (Å²) in [5.74, 6) is 3.14. The minimum Gasteiger partial charge on any atom is -0.446 e. The second-order valence-electron chi connectivity index (χ2n) is 5.73. The van der Waals surface area contributed by atoms with Crippen LogP contribution in [0.1, 0.15) is 24.2 Å². The molecule has 9 heteroatoms. The molecule has 0 N–H and O–H groups in total. The maximum Gasteiger partial charge on any atom is 0.237 e. The van der Waals surface area contributed by atoms with Crippen LogP contribution in [0.2, 0.25) is 0 Å². The summed E-state index contributed by atoms with van der Waals surface area (Å²) >= 11 is 4.85. The van der Waals surface area contributed by atoms with Gasteiger partial charge < -0.3 is 8.94 Å². The van der Waals surface area contributed by atoms with Crippen molar-refractivity contribution in [2.24, 2.45) is 0 Å². The van der Waals surface area contributed by atoms with E-state index >= 15 is 0 Å². The lowest BCUT2D eigenvalue weighted by Gasteiger charge is -2.08. The summed E-state index contributed by atoms with van der Waals surface area (Å²) in [5.41, 5.74) is 1.15. The zero-order valence-corrected chi connectivity index (χ0v) is 16.9. The van der Waals surface area contributed by atoms with Gasteiger partial charge in [-0.25, -0.2) is 0 Å². The van der Waals surface area contributed by atoms with Crippen molar-refractivity contribution in [2.75, 3.05) is 0 Å². The molecule has 27 heavy (non-hydrogen) atoms. The van der Waals surface area contributed by atoms with Crippen LogP contribution >= 0.6 is 27.7 Å². The van der Waals surface area contributed by atoms with E-state index in [1.807, 2.05) is 41.8 Å². The Hall–Kier alpha value is -2.39. The molecule has 3 heterocycles. The Morgan fingerprint density at radius 1 is 1.11 bits per heavy atom. The third kappa shape index (κ3) is 4.14. The van der Waals surface area contributed by atoms with Crippen molar-refractivity contribution in [2.45, 2.75) is 30.8 Å². The molecule has 0 aliphatic carbocycles. The van der Waals surface area contributed by atoms with Crippen LogP contribution in [0, 0.1) is 0 Å². The number of benzene rings is 1. The molecule has 7 nitrogen and oxygen atoms in total. The number of aromatic nitrogens is 5.